The fraction of sp³-hybridized carbons (Fsp3) is 0.417. The number of rotatable bonds is 6. The summed E-state index contributed by atoms with van der Waals surface area (Å²) in [6.07, 6.45) is 3.48. The lowest BCUT2D eigenvalue weighted by Crippen LogP contribution is -3.14. The molecular formula is C24H30N2O4. The molecule has 2 aliphatic heterocycles. The quantitative estimate of drug-likeness (QED) is 0.575. The van der Waals surface area contributed by atoms with Crippen LogP contribution in [-0.4, -0.2) is 37.1 Å². The van der Waals surface area contributed by atoms with E-state index in [1.54, 1.807) is 0 Å². The van der Waals surface area contributed by atoms with E-state index in [-0.39, 0.29) is 12.1 Å². The molecule has 6 heteroatoms. The maximum atomic E-state index is 10.9. The predicted molar refractivity (Wildman–Crippen MR) is 108 cm³/mol. The highest BCUT2D eigenvalue weighted by Crippen LogP contribution is 2.03. The molecule has 0 saturated carbocycles. The predicted octanol–water partition coefficient (Wildman–Crippen LogP) is -2.03. The van der Waals surface area contributed by atoms with Gasteiger partial charge in [0.1, 0.15) is 25.2 Å². The zero-order valence-corrected chi connectivity index (χ0v) is 17.2. The summed E-state index contributed by atoms with van der Waals surface area (Å²) in [6.45, 7) is 3.46. The molecule has 2 fully saturated rings. The van der Waals surface area contributed by atoms with Crippen LogP contribution in [0.25, 0.3) is 0 Å². The van der Waals surface area contributed by atoms with Crippen molar-refractivity contribution in [2.45, 2.75) is 50.9 Å². The largest absolute Gasteiger partial charge is 0.544 e. The highest BCUT2D eigenvalue weighted by atomic mass is 16.4. The lowest BCUT2D eigenvalue weighted by atomic mass is 10.2. The number of carboxylic acid groups (broad SMARTS) is 2. The number of aliphatic carboxylic acids is 2. The van der Waals surface area contributed by atoms with Gasteiger partial charge in [0.2, 0.25) is 0 Å². The standard InChI is InChI=1S/2C12H15NO2/c2*14-12(15)11-7-4-8-13(11)9-10-5-2-1-3-6-10/h2*1-3,5-6,11H,4,7-9H2,(H,14,15)/t2*11-/m00/s1. The van der Waals surface area contributed by atoms with Crippen molar-refractivity contribution < 1.29 is 29.6 Å². The van der Waals surface area contributed by atoms with Gasteiger partial charge in [-0.2, -0.15) is 0 Å². The second kappa shape index (κ2) is 10.9. The number of likely N-dealkylation sites (tertiary alicyclic amines) is 2. The Bertz CT molecular complexity index is 743. The number of nitrogens with one attached hydrogen (secondary N) is 2. The first kappa shape index (κ1) is 22.0. The van der Waals surface area contributed by atoms with E-state index in [4.69, 9.17) is 0 Å². The van der Waals surface area contributed by atoms with Crippen molar-refractivity contribution in [3.63, 3.8) is 0 Å². The van der Waals surface area contributed by atoms with Crippen molar-refractivity contribution in [1.29, 1.82) is 0 Å². The molecule has 4 atom stereocenters. The monoisotopic (exact) mass is 410 g/mol. The Balaban J connectivity index is 0.000000171. The third-order valence-electron chi connectivity index (χ3n) is 6.08. The number of benzene rings is 2. The molecule has 0 aliphatic carbocycles. The van der Waals surface area contributed by atoms with Gasteiger partial charge in [-0.1, -0.05) is 60.7 Å². The number of carbonyl (C=O) groups is 2. The summed E-state index contributed by atoms with van der Waals surface area (Å²) in [5.74, 6) is -1.81. The summed E-state index contributed by atoms with van der Waals surface area (Å²) in [4.78, 5) is 24.0. The van der Waals surface area contributed by atoms with Gasteiger partial charge < -0.3 is 29.6 Å². The number of carbonyl (C=O) groups excluding carboxylic acids is 2. The van der Waals surface area contributed by atoms with E-state index in [2.05, 4.69) is 0 Å². The molecule has 0 radical (unpaired) electrons. The van der Waals surface area contributed by atoms with Crippen LogP contribution < -0.4 is 20.0 Å². The van der Waals surface area contributed by atoms with Crippen LogP contribution in [0.2, 0.25) is 0 Å². The Labute approximate surface area is 177 Å². The van der Waals surface area contributed by atoms with Crippen molar-refractivity contribution in [1.82, 2.24) is 0 Å². The number of quaternary nitrogens is 2. The molecule has 2 unspecified atom stereocenters. The van der Waals surface area contributed by atoms with Crippen molar-refractivity contribution in [3.05, 3.63) is 71.8 Å². The first-order valence-electron chi connectivity index (χ1n) is 10.7. The third-order valence-corrected chi connectivity index (χ3v) is 6.08. The average Bonchev–Trinajstić information content (AvgIpc) is 3.40. The van der Waals surface area contributed by atoms with E-state index in [1.807, 2.05) is 60.7 Å². The van der Waals surface area contributed by atoms with Crippen LogP contribution in [0, 0.1) is 0 Å². The van der Waals surface area contributed by atoms with Gasteiger partial charge in [-0.15, -0.1) is 0 Å². The molecule has 0 spiro atoms. The lowest BCUT2D eigenvalue weighted by molar-refractivity contribution is -0.919. The van der Waals surface area contributed by atoms with Crippen LogP contribution in [0.1, 0.15) is 36.8 Å². The molecule has 2 aromatic carbocycles. The average molecular weight is 411 g/mol. The molecule has 2 heterocycles. The number of hydrogen-bond acceptors (Lipinski definition) is 4. The molecule has 30 heavy (non-hydrogen) atoms. The van der Waals surface area contributed by atoms with Gasteiger partial charge in [-0.05, 0) is 0 Å². The minimum absolute atomic E-state index is 0.315. The van der Waals surface area contributed by atoms with Gasteiger partial charge >= 0.3 is 0 Å². The number of hydrogen-bond donors (Lipinski definition) is 2. The first-order valence-corrected chi connectivity index (χ1v) is 10.7. The Morgan fingerprint density at radius 1 is 0.700 bits per heavy atom. The first-order chi connectivity index (χ1) is 14.5. The summed E-state index contributed by atoms with van der Waals surface area (Å²) in [5.41, 5.74) is 2.39. The maximum Gasteiger partial charge on any atom is 0.128 e. The van der Waals surface area contributed by atoms with E-state index in [9.17, 15) is 19.8 Å². The highest BCUT2D eigenvalue weighted by Gasteiger charge is 2.30. The molecule has 2 N–H and O–H groups in total. The van der Waals surface area contributed by atoms with Crippen molar-refractivity contribution >= 4 is 11.9 Å². The minimum Gasteiger partial charge on any atom is -0.544 e. The molecule has 2 aromatic rings. The molecule has 0 aromatic heterocycles. The topological polar surface area (TPSA) is 89.1 Å². The van der Waals surface area contributed by atoms with Gasteiger partial charge in [0.05, 0.1) is 25.0 Å². The van der Waals surface area contributed by atoms with Crippen LogP contribution in [-0.2, 0) is 22.7 Å². The van der Waals surface area contributed by atoms with Crippen LogP contribution >= 0.6 is 0 Å². The molecular weight excluding hydrogens is 380 g/mol. The summed E-state index contributed by atoms with van der Waals surface area (Å²) in [7, 11) is 0. The zero-order valence-electron chi connectivity index (χ0n) is 17.2. The molecule has 0 amide bonds. The number of carboxylic acids is 2. The van der Waals surface area contributed by atoms with Crippen LogP contribution in [0.5, 0.6) is 0 Å². The second-order valence-corrected chi connectivity index (χ2v) is 8.17. The van der Waals surface area contributed by atoms with Gasteiger partial charge in [0.25, 0.3) is 0 Å². The molecule has 160 valence electrons. The van der Waals surface area contributed by atoms with E-state index < -0.39 is 11.9 Å². The van der Waals surface area contributed by atoms with Crippen molar-refractivity contribution in [2.24, 2.45) is 0 Å². The fourth-order valence-corrected chi connectivity index (χ4v) is 4.53. The zero-order chi connectivity index (χ0) is 21.3. The van der Waals surface area contributed by atoms with Crippen molar-refractivity contribution in [3.8, 4) is 0 Å². The van der Waals surface area contributed by atoms with E-state index >= 15 is 0 Å². The van der Waals surface area contributed by atoms with Gasteiger partial charge in [0, 0.05) is 36.8 Å². The third kappa shape index (κ3) is 6.15. The Morgan fingerprint density at radius 2 is 1.07 bits per heavy atom. The minimum atomic E-state index is -0.904. The normalized spacial score (nSPS) is 25.3. The Hall–Kier alpha value is -2.70. The Kier molecular flexibility index (Phi) is 7.99. The SMILES string of the molecule is O=C([O-])[C@@H]1CCC[NH+]1Cc1ccccc1.O=C([O-])[C@@H]1CCC[NH+]1Cc1ccccc1. The van der Waals surface area contributed by atoms with Gasteiger partial charge in [-0.3, -0.25) is 0 Å². The maximum absolute atomic E-state index is 10.9. The summed E-state index contributed by atoms with van der Waals surface area (Å²) in [5, 5.41) is 21.7. The molecule has 2 aliphatic rings. The second-order valence-electron chi connectivity index (χ2n) is 8.17. The van der Waals surface area contributed by atoms with E-state index in [1.165, 1.54) is 11.1 Å². The summed E-state index contributed by atoms with van der Waals surface area (Å²) >= 11 is 0. The van der Waals surface area contributed by atoms with Crippen LogP contribution in [0.15, 0.2) is 60.7 Å². The summed E-state index contributed by atoms with van der Waals surface area (Å²) < 4.78 is 0. The van der Waals surface area contributed by atoms with Crippen LogP contribution in [0.3, 0.4) is 0 Å². The van der Waals surface area contributed by atoms with Gasteiger partial charge in [-0.25, -0.2) is 0 Å². The smallest absolute Gasteiger partial charge is 0.128 e. The summed E-state index contributed by atoms with van der Waals surface area (Å²) in [6, 6.07) is 19.4. The van der Waals surface area contributed by atoms with E-state index in [0.29, 0.717) is 0 Å². The fourth-order valence-electron chi connectivity index (χ4n) is 4.53. The van der Waals surface area contributed by atoms with E-state index in [0.717, 1.165) is 61.7 Å². The molecule has 6 nitrogen and oxygen atoms in total. The van der Waals surface area contributed by atoms with Crippen LogP contribution in [0.4, 0.5) is 0 Å². The highest BCUT2D eigenvalue weighted by molar-refractivity contribution is 5.70. The van der Waals surface area contributed by atoms with Crippen molar-refractivity contribution in [2.75, 3.05) is 13.1 Å². The molecule has 4 rings (SSSR count). The lowest BCUT2D eigenvalue weighted by Gasteiger charge is -2.22. The molecule has 2 saturated heterocycles. The Morgan fingerprint density at radius 3 is 1.40 bits per heavy atom. The van der Waals surface area contributed by atoms with Gasteiger partial charge in [0.15, 0.2) is 0 Å². The molecule has 0 bridgehead atoms.